The van der Waals surface area contributed by atoms with E-state index in [-0.39, 0.29) is 32.2 Å². The van der Waals surface area contributed by atoms with Crippen LogP contribution in [0, 0.1) is 0 Å². The first-order valence-electron chi connectivity index (χ1n) is 3.65. The van der Waals surface area contributed by atoms with Gasteiger partial charge in [-0.3, -0.25) is 0 Å². The van der Waals surface area contributed by atoms with Crippen LogP contribution < -0.4 is 0 Å². The minimum Gasteiger partial charge on any atom is -0.394 e. The van der Waals surface area contributed by atoms with Gasteiger partial charge in [-0.2, -0.15) is 0 Å². The molecule has 11 heavy (non-hydrogen) atoms. The van der Waals surface area contributed by atoms with Crippen molar-refractivity contribution in [3.05, 3.63) is 0 Å². The van der Waals surface area contributed by atoms with E-state index in [1.165, 1.54) is 0 Å². The van der Waals surface area contributed by atoms with Crippen molar-refractivity contribution in [1.82, 2.24) is 0 Å². The Labute approximate surface area is 66.7 Å². The van der Waals surface area contributed by atoms with Crippen LogP contribution in [0.15, 0.2) is 0 Å². The van der Waals surface area contributed by atoms with Crippen LogP contribution in [0.4, 0.5) is 0 Å². The molecule has 2 N–H and O–H groups in total. The SMILES string of the molecule is CC(CO)OCOC(C)CO. The van der Waals surface area contributed by atoms with E-state index in [4.69, 9.17) is 19.7 Å². The Balaban J connectivity index is 3.13. The molecule has 0 aliphatic rings. The van der Waals surface area contributed by atoms with Gasteiger partial charge in [0.2, 0.25) is 0 Å². The fraction of sp³-hybridized carbons (Fsp3) is 1.00. The van der Waals surface area contributed by atoms with E-state index in [1.807, 2.05) is 0 Å². The Morgan fingerprint density at radius 3 is 1.64 bits per heavy atom. The number of hydrogen-bond acceptors (Lipinski definition) is 4. The van der Waals surface area contributed by atoms with Crippen LogP contribution >= 0.6 is 0 Å². The summed E-state index contributed by atoms with van der Waals surface area (Å²) in [6.07, 6.45) is -0.415. The molecule has 2 atom stereocenters. The fourth-order valence-electron chi connectivity index (χ4n) is 0.377. The second-order valence-corrected chi connectivity index (χ2v) is 2.44. The zero-order valence-corrected chi connectivity index (χ0v) is 6.99. The highest BCUT2D eigenvalue weighted by Crippen LogP contribution is 1.92. The topological polar surface area (TPSA) is 58.9 Å². The molecule has 0 rings (SSSR count). The van der Waals surface area contributed by atoms with E-state index in [9.17, 15) is 0 Å². The average Bonchev–Trinajstić information content (AvgIpc) is 2.04. The molecule has 0 saturated heterocycles. The number of rotatable bonds is 6. The first kappa shape index (κ1) is 10.8. The van der Waals surface area contributed by atoms with Crippen molar-refractivity contribution in [2.75, 3.05) is 20.0 Å². The van der Waals surface area contributed by atoms with Crippen molar-refractivity contribution in [2.45, 2.75) is 26.1 Å². The van der Waals surface area contributed by atoms with Crippen LogP contribution in [-0.4, -0.2) is 42.4 Å². The maximum absolute atomic E-state index is 8.53. The lowest BCUT2D eigenvalue weighted by Crippen LogP contribution is -2.20. The van der Waals surface area contributed by atoms with Gasteiger partial charge in [0.05, 0.1) is 25.4 Å². The summed E-state index contributed by atoms with van der Waals surface area (Å²) in [6.45, 7) is 3.57. The number of aliphatic hydroxyl groups is 2. The molecule has 4 nitrogen and oxygen atoms in total. The predicted octanol–water partition coefficient (Wildman–Crippen LogP) is -0.261. The minimum atomic E-state index is -0.208. The first-order chi connectivity index (χ1) is 5.20. The summed E-state index contributed by atoms with van der Waals surface area (Å²) in [6, 6.07) is 0. The zero-order valence-electron chi connectivity index (χ0n) is 6.99. The van der Waals surface area contributed by atoms with E-state index in [1.54, 1.807) is 13.8 Å². The Bertz CT molecular complexity index is 76.5. The molecule has 0 saturated carbocycles. The second kappa shape index (κ2) is 6.54. The van der Waals surface area contributed by atoms with Gasteiger partial charge in [0.15, 0.2) is 0 Å². The molecule has 0 aromatic heterocycles. The zero-order chi connectivity index (χ0) is 8.69. The Kier molecular flexibility index (Phi) is 6.45. The highest BCUT2D eigenvalue weighted by Gasteiger charge is 2.01. The lowest BCUT2D eigenvalue weighted by molar-refractivity contribution is -0.126. The Hall–Kier alpha value is -0.160. The molecule has 0 aliphatic heterocycles. The highest BCUT2D eigenvalue weighted by molar-refractivity contribution is 4.44. The smallest absolute Gasteiger partial charge is 0.147 e. The van der Waals surface area contributed by atoms with E-state index < -0.39 is 0 Å². The lowest BCUT2D eigenvalue weighted by atomic mass is 10.4. The quantitative estimate of drug-likeness (QED) is 0.531. The van der Waals surface area contributed by atoms with Gasteiger partial charge < -0.3 is 19.7 Å². The molecule has 2 unspecified atom stereocenters. The van der Waals surface area contributed by atoms with Crippen molar-refractivity contribution in [2.24, 2.45) is 0 Å². The molecular weight excluding hydrogens is 148 g/mol. The predicted molar refractivity (Wildman–Crippen MR) is 40.1 cm³/mol. The molecule has 0 aliphatic carbocycles. The van der Waals surface area contributed by atoms with Gasteiger partial charge in [-0.1, -0.05) is 0 Å². The number of hydrogen-bond donors (Lipinski definition) is 2. The summed E-state index contributed by atoms with van der Waals surface area (Å²) < 4.78 is 9.96. The van der Waals surface area contributed by atoms with E-state index in [0.717, 1.165) is 0 Å². The van der Waals surface area contributed by atoms with E-state index in [2.05, 4.69) is 0 Å². The normalized spacial score (nSPS) is 16.4. The van der Waals surface area contributed by atoms with Gasteiger partial charge in [0.25, 0.3) is 0 Å². The van der Waals surface area contributed by atoms with Gasteiger partial charge in [-0.15, -0.1) is 0 Å². The van der Waals surface area contributed by atoms with Crippen LogP contribution in [0.1, 0.15) is 13.8 Å². The molecule has 0 bridgehead atoms. The molecule has 0 radical (unpaired) electrons. The molecule has 0 amide bonds. The molecule has 0 aromatic carbocycles. The van der Waals surface area contributed by atoms with Gasteiger partial charge in [0, 0.05) is 0 Å². The third kappa shape index (κ3) is 6.25. The molecule has 0 aromatic rings. The number of ether oxygens (including phenoxy) is 2. The number of aliphatic hydroxyl groups excluding tert-OH is 2. The molecule has 68 valence electrons. The van der Waals surface area contributed by atoms with Gasteiger partial charge in [-0.05, 0) is 13.8 Å². The maximum Gasteiger partial charge on any atom is 0.147 e. The Morgan fingerprint density at radius 1 is 1.00 bits per heavy atom. The van der Waals surface area contributed by atoms with Crippen LogP contribution in [0.25, 0.3) is 0 Å². The summed E-state index contributed by atoms with van der Waals surface area (Å²) in [4.78, 5) is 0. The van der Waals surface area contributed by atoms with E-state index >= 15 is 0 Å². The van der Waals surface area contributed by atoms with Crippen molar-refractivity contribution in [3.63, 3.8) is 0 Å². The maximum atomic E-state index is 8.53. The lowest BCUT2D eigenvalue weighted by Gasteiger charge is -2.13. The summed E-state index contributed by atoms with van der Waals surface area (Å²) in [5, 5.41) is 17.1. The van der Waals surface area contributed by atoms with Gasteiger partial charge in [-0.25, -0.2) is 0 Å². The van der Waals surface area contributed by atoms with Crippen LogP contribution in [0.2, 0.25) is 0 Å². The average molecular weight is 164 g/mol. The standard InChI is InChI=1S/C7H16O4/c1-6(3-8)10-5-11-7(2)4-9/h6-9H,3-5H2,1-2H3. The summed E-state index contributed by atoms with van der Waals surface area (Å²) in [7, 11) is 0. The summed E-state index contributed by atoms with van der Waals surface area (Å²) >= 11 is 0. The van der Waals surface area contributed by atoms with Crippen molar-refractivity contribution >= 4 is 0 Å². The van der Waals surface area contributed by atoms with Crippen molar-refractivity contribution in [3.8, 4) is 0 Å². The molecule has 4 heteroatoms. The summed E-state index contributed by atoms with van der Waals surface area (Å²) in [5.41, 5.74) is 0. The molecule has 0 spiro atoms. The van der Waals surface area contributed by atoms with Crippen LogP contribution in [0.5, 0.6) is 0 Å². The second-order valence-electron chi connectivity index (χ2n) is 2.44. The van der Waals surface area contributed by atoms with Crippen molar-refractivity contribution in [1.29, 1.82) is 0 Å². The Morgan fingerprint density at radius 2 is 1.36 bits per heavy atom. The van der Waals surface area contributed by atoms with E-state index in [0.29, 0.717) is 0 Å². The molecular formula is C7H16O4. The molecule has 0 fully saturated rings. The molecule has 0 heterocycles. The highest BCUT2D eigenvalue weighted by atomic mass is 16.7. The third-order valence-electron chi connectivity index (χ3n) is 1.22. The van der Waals surface area contributed by atoms with Gasteiger partial charge in [0.1, 0.15) is 6.79 Å². The first-order valence-corrected chi connectivity index (χ1v) is 3.65. The van der Waals surface area contributed by atoms with Crippen LogP contribution in [0.3, 0.4) is 0 Å². The third-order valence-corrected chi connectivity index (χ3v) is 1.22. The summed E-state index contributed by atoms with van der Waals surface area (Å²) in [5.74, 6) is 0. The fourth-order valence-corrected chi connectivity index (χ4v) is 0.377. The van der Waals surface area contributed by atoms with Gasteiger partial charge >= 0.3 is 0 Å². The largest absolute Gasteiger partial charge is 0.394 e. The monoisotopic (exact) mass is 164 g/mol. The van der Waals surface area contributed by atoms with Crippen molar-refractivity contribution < 1.29 is 19.7 Å². The van der Waals surface area contributed by atoms with Crippen LogP contribution in [-0.2, 0) is 9.47 Å². The minimum absolute atomic E-state index is 0.0170.